The van der Waals surface area contributed by atoms with Gasteiger partial charge in [-0.1, -0.05) is 12.1 Å². The van der Waals surface area contributed by atoms with E-state index in [0.29, 0.717) is 11.1 Å². The first kappa shape index (κ1) is 13.6. The molecule has 0 aliphatic rings. The Kier molecular flexibility index (Phi) is 3.88. The van der Waals surface area contributed by atoms with Crippen LogP contribution in [0.1, 0.15) is 31.9 Å². The molecule has 1 unspecified atom stereocenters. The molecule has 0 radical (unpaired) electrons. The van der Waals surface area contributed by atoms with Crippen molar-refractivity contribution >= 4 is 5.97 Å². The van der Waals surface area contributed by atoms with Crippen LogP contribution in [0.2, 0.25) is 0 Å². The molecule has 0 aliphatic heterocycles. The van der Waals surface area contributed by atoms with Crippen molar-refractivity contribution in [3.05, 3.63) is 35.1 Å². The Morgan fingerprint density at radius 1 is 1.47 bits per heavy atom. The number of carbonyl (C=O) groups is 1. The van der Waals surface area contributed by atoms with Gasteiger partial charge in [0.1, 0.15) is 11.4 Å². The maximum atomic E-state index is 13.5. The summed E-state index contributed by atoms with van der Waals surface area (Å²) in [4.78, 5) is 11.4. The summed E-state index contributed by atoms with van der Waals surface area (Å²) in [5.74, 6) is -1.41. The van der Waals surface area contributed by atoms with Crippen LogP contribution in [-0.4, -0.2) is 17.1 Å². The Bertz CT molecular complexity index is 431. The van der Waals surface area contributed by atoms with Crippen molar-refractivity contribution in [1.82, 2.24) is 5.32 Å². The quantitative estimate of drug-likeness (QED) is 0.848. The van der Waals surface area contributed by atoms with Crippen molar-refractivity contribution in [1.29, 1.82) is 0 Å². The molecular formula is C13H18FNO2. The molecule has 0 heterocycles. The molecule has 0 aromatic heterocycles. The number of nitrogens with one attached hydrogen (secondary N) is 1. The van der Waals surface area contributed by atoms with Gasteiger partial charge in [-0.15, -0.1) is 0 Å². The van der Waals surface area contributed by atoms with E-state index in [1.807, 2.05) is 13.8 Å². The minimum Gasteiger partial charge on any atom is -0.480 e. The number of halogens is 1. The van der Waals surface area contributed by atoms with Crippen molar-refractivity contribution in [3.63, 3.8) is 0 Å². The van der Waals surface area contributed by atoms with Crippen LogP contribution in [0.15, 0.2) is 18.2 Å². The number of aryl methyl sites for hydroxylation is 1. The predicted octanol–water partition coefficient (Wildman–Crippen LogP) is 2.43. The highest BCUT2D eigenvalue weighted by Crippen LogP contribution is 2.24. The molecule has 1 aromatic rings. The van der Waals surface area contributed by atoms with Crippen molar-refractivity contribution in [3.8, 4) is 0 Å². The molecule has 4 heteroatoms. The Hall–Kier alpha value is -1.42. The highest BCUT2D eigenvalue weighted by molar-refractivity contribution is 5.80. The average Bonchev–Trinajstić information content (AvgIpc) is 2.20. The first-order chi connectivity index (χ1) is 7.77. The summed E-state index contributed by atoms with van der Waals surface area (Å²) in [5, 5.41) is 12.3. The van der Waals surface area contributed by atoms with E-state index < -0.39 is 11.5 Å². The summed E-state index contributed by atoms with van der Waals surface area (Å²) in [6.45, 7) is 6.89. The van der Waals surface area contributed by atoms with Gasteiger partial charge >= 0.3 is 5.97 Å². The van der Waals surface area contributed by atoms with Crippen LogP contribution in [0.25, 0.3) is 0 Å². The molecule has 0 saturated carbocycles. The fourth-order valence-corrected chi connectivity index (χ4v) is 1.75. The third-order valence-electron chi connectivity index (χ3n) is 2.75. The number of aliphatic carboxylic acids is 1. The number of carboxylic acids is 1. The molecule has 0 saturated heterocycles. The fraction of sp³-hybridized carbons (Fsp3) is 0.462. The molecule has 94 valence electrons. The lowest BCUT2D eigenvalue weighted by molar-refractivity contribution is -0.144. The number of hydrogen-bond donors (Lipinski definition) is 2. The third kappa shape index (κ3) is 2.82. The van der Waals surface area contributed by atoms with E-state index in [-0.39, 0.29) is 11.9 Å². The highest BCUT2D eigenvalue weighted by atomic mass is 19.1. The summed E-state index contributed by atoms with van der Waals surface area (Å²) in [5.41, 5.74) is -0.351. The first-order valence-electron chi connectivity index (χ1n) is 5.55. The number of hydrogen-bond acceptors (Lipinski definition) is 2. The molecule has 1 aromatic carbocycles. The van der Waals surface area contributed by atoms with Gasteiger partial charge in [-0.05, 0) is 44.9 Å². The van der Waals surface area contributed by atoms with Gasteiger partial charge < -0.3 is 5.11 Å². The average molecular weight is 239 g/mol. The number of benzene rings is 1. The van der Waals surface area contributed by atoms with Gasteiger partial charge in [-0.25, -0.2) is 9.18 Å². The van der Waals surface area contributed by atoms with Gasteiger partial charge in [-0.3, -0.25) is 5.32 Å². The minimum absolute atomic E-state index is 0.0135. The van der Waals surface area contributed by atoms with Gasteiger partial charge in [0.25, 0.3) is 0 Å². The normalized spacial score (nSPS) is 14.7. The maximum Gasteiger partial charge on any atom is 0.328 e. The summed E-state index contributed by atoms with van der Waals surface area (Å²) in [7, 11) is 0. The van der Waals surface area contributed by atoms with E-state index >= 15 is 0 Å². The van der Waals surface area contributed by atoms with Gasteiger partial charge in [0.2, 0.25) is 0 Å². The molecule has 2 N–H and O–H groups in total. The Labute approximate surface area is 101 Å². The Morgan fingerprint density at radius 3 is 2.47 bits per heavy atom. The molecular weight excluding hydrogens is 221 g/mol. The number of carboxylic acid groups (broad SMARTS) is 1. The minimum atomic E-state index is -1.28. The second kappa shape index (κ2) is 4.84. The van der Waals surface area contributed by atoms with Crippen LogP contribution in [0, 0.1) is 12.7 Å². The van der Waals surface area contributed by atoms with Crippen LogP contribution in [0.3, 0.4) is 0 Å². The van der Waals surface area contributed by atoms with Crippen LogP contribution in [0.5, 0.6) is 0 Å². The molecule has 0 spiro atoms. The molecule has 3 nitrogen and oxygen atoms in total. The molecule has 0 aliphatic carbocycles. The van der Waals surface area contributed by atoms with Gasteiger partial charge in [-0.2, -0.15) is 0 Å². The topological polar surface area (TPSA) is 49.3 Å². The van der Waals surface area contributed by atoms with Crippen molar-refractivity contribution < 1.29 is 14.3 Å². The molecule has 0 bridgehead atoms. The molecule has 0 amide bonds. The van der Waals surface area contributed by atoms with Crippen LogP contribution < -0.4 is 5.32 Å². The van der Waals surface area contributed by atoms with Crippen molar-refractivity contribution in [2.45, 2.75) is 39.3 Å². The van der Waals surface area contributed by atoms with E-state index in [2.05, 4.69) is 5.32 Å². The van der Waals surface area contributed by atoms with E-state index in [1.165, 1.54) is 6.07 Å². The lowest BCUT2D eigenvalue weighted by Gasteiger charge is -2.29. The van der Waals surface area contributed by atoms with Gasteiger partial charge in [0, 0.05) is 6.04 Å². The van der Waals surface area contributed by atoms with E-state index in [0.717, 1.165) is 0 Å². The summed E-state index contributed by atoms with van der Waals surface area (Å²) >= 11 is 0. The molecule has 17 heavy (non-hydrogen) atoms. The fourth-order valence-electron chi connectivity index (χ4n) is 1.75. The zero-order valence-electron chi connectivity index (χ0n) is 10.5. The van der Waals surface area contributed by atoms with Crippen LogP contribution in [0.4, 0.5) is 4.39 Å². The third-order valence-corrected chi connectivity index (χ3v) is 2.75. The summed E-state index contributed by atoms with van der Waals surface area (Å²) < 4.78 is 13.5. The number of rotatable bonds is 4. The Balaban J connectivity index is 3.22. The highest BCUT2D eigenvalue weighted by Gasteiger charge is 2.35. The second-order valence-electron chi connectivity index (χ2n) is 4.69. The summed E-state index contributed by atoms with van der Waals surface area (Å²) in [6, 6.07) is 4.50. The van der Waals surface area contributed by atoms with Crippen molar-refractivity contribution in [2.24, 2.45) is 0 Å². The van der Waals surface area contributed by atoms with E-state index in [9.17, 15) is 14.3 Å². The van der Waals surface area contributed by atoms with Gasteiger partial charge in [0.15, 0.2) is 0 Å². The smallest absolute Gasteiger partial charge is 0.328 e. The standard InChI is InChI=1S/C13H18FNO2/c1-8(2)15-13(4,12(16)17)10-6-5-9(3)11(14)7-10/h5-8,15H,1-4H3,(H,16,17). The summed E-state index contributed by atoms with van der Waals surface area (Å²) in [6.07, 6.45) is 0. The first-order valence-corrected chi connectivity index (χ1v) is 5.55. The zero-order chi connectivity index (χ0) is 13.2. The lowest BCUT2D eigenvalue weighted by atomic mass is 9.90. The van der Waals surface area contributed by atoms with Crippen LogP contribution in [-0.2, 0) is 10.3 Å². The largest absolute Gasteiger partial charge is 0.480 e. The second-order valence-corrected chi connectivity index (χ2v) is 4.69. The van der Waals surface area contributed by atoms with Crippen molar-refractivity contribution in [2.75, 3.05) is 0 Å². The predicted molar refractivity (Wildman–Crippen MR) is 64.4 cm³/mol. The monoisotopic (exact) mass is 239 g/mol. The molecule has 1 rings (SSSR count). The Morgan fingerprint density at radius 2 is 2.06 bits per heavy atom. The van der Waals surface area contributed by atoms with E-state index in [4.69, 9.17) is 0 Å². The lowest BCUT2D eigenvalue weighted by Crippen LogP contribution is -2.49. The molecule has 0 fully saturated rings. The molecule has 1 atom stereocenters. The van der Waals surface area contributed by atoms with E-state index in [1.54, 1.807) is 26.0 Å². The van der Waals surface area contributed by atoms with Gasteiger partial charge in [0.05, 0.1) is 0 Å². The SMILES string of the molecule is Cc1ccc(C(C)(NC(C)C)C(=O)O)cc1F. The van der Waals surface area contributed by atoms with Crippen LogP contribution >= 0.6 is 0 Å². The maximum absolute atomic E-state index is 13.5. The zero-order valence-corrected chi connectivity index (χ0v) is 10.5.